The lowest BCUT2D eigenvalue weighted by Crippen LogP contribution is -2.48. The van der Waals surface area contributed by atoms with Gasteiger partial charge in [0, 0.05) is 37.8 Å². The van der Waals surface area contributed by atoms with Crippen LogP contribution in [0.15, 0.2) is 53.6 Å². The first-order valence-corrected chi connectivity index (χ1v) is 9.71. The first kappa shape index (κ1) is 19.1. The number of aromatic nitrogens is 3. The van der Waals surface area contributed by atoms with E-state index in [1.54, 1.807) is 25.4 Å². The number of benzene rings is 1. The molecule has 0 amide bonds. The molecule has 29 heavy (non-hydrogen) atoms. The van der Waals surface area contributed by atoms with E-state index in [9.17, 15) is 9.59 Å². The van der Waals surface area contributed by atoms with Crippen LogP contribution < -0.4 is 10.5 Å². The SMILES string of the molecule is CCOC(=O)c1ccc(N2CCN(Cn3ncc4ccccc4c3=O)CC2)nc1. The highest BCUT2D eigenvalue weighted by molar-refractivity contribution is 5.89. The molecule has 0 unspecified atom stereocenters. The zero-order valence-corrected chi connectivity index (χ0v) is 16.3. The summed E-state index contributed by atoms with van der Waals surface area (Å²) in [7, 11) is 0. The van der Waals surface area contributed by atoms with Gasteiger partial charge in [0.1, 0.15) is 5.82 Å². The van der Waals surface area contributed by atoms with E-state index >= 15 is 0 Å². The van der Waals surface area contributed by atoms with Crippen molar-refractivity contribution in [2.24, 2.45) is 0 Å². The minimum absolute atomic E-state index is 0.0678. The maximum Gasteiger partial charge on any atom is 0.339 e. The van der Waals surface area contributed by atoms with E-state index in [1.807, 2.05) is 30.3 Å². The number of hydrogen-bond donors (Lipinski definition) is 0. The zero-order chi connectivity index (χ0) is 20.2. The van der Waals surface area contributed by atoms with E-state index in [4.69, 9.17) is 4.74 Å². The van der Waals surface area contributed by atoms with Crippen LogP contribution in [0.2, 0.25) is 0 Å². The molecule has 0 bridgehead atoms. The predicted molar refractivity (Wildman–Crippen MR) is 110 cm³/mol. The quantitative estimate of drug-likeness (QED) is 0.611. The number of anilines is 1. The molecule has 3 aromatic rings. The second-order valence-corrected chi connectivity index (χ2v) is 6.91. The fourth-order valence-electron chi connectivity index (χ4n) is 3.44. The van der Waals surface area contributed by atoms with Crippen LogP contribution in [0.5, 0.6) is 0 Å². The van der Waals surface area contributed by atoms with Gasteiger partial charge in [-0.15, -0.1) is 0 Å². The van der Waals surface area contributed by atoms with E-state index in [-0.39, 0.29) is 11.5 Å². The van der Waals surface area contributed by atoms with Crippen LogP contribution in [0.1, 0.15) is 17.3 Å². The molecule has 0 spiro atoms. The highest BCUT2D eigenvalue weighted by atomic mass is 16.5. The molecule has 0 saturated carbocycles. The Morgan fingerprint density at radius 3 is 2.59 bits per heavy atom. The van der Waals surface area contributed by atoms with Crippen LogP contribution in [-0.4, -0.2) is 58.4 Å². The van der Waals surface area contributed by atoms with Crippen LogP contribution in [0, 0.1) is 0 Å². The normalized spacial score (nSPS) is 14.9. The summed E-state index contributed by atoms with van der Waals surface area (Å²) in [6, 6.07) is 11.1. The van der Waals surface area contributed by atoms with Crippen molar-refractivity contribution in [2.75, 3.05) is 37.7 Å². The molecule has 2 aromatic heterocycles. The summed E-state index contributed by atoms with van der Waals surface area (Å²) < 4.78 is 6.51. The number of carbonyl (C=O) groups excluding carboxylic acids is 1. The fourth-order valence-corrected chi connectivity index (χ4v) is 3.44. The molecule has 1 fully saturated rings. The minimum atomic E-state index is -0.357. The third-order valence-electron chi connectivity index (χ3n) is 5.05. The number of fused-ring (bicyclic) bond motifs is 1. The fraction of sp³-hybridized carbons (Fsp3) is 0.333. The molecule has 150 valence electrons. The van der Waals surface area contributed by atoms with Crippen molar-refractivity contribution in [2.45, 2.75) is 13.6 Å². The molecule has 1 aromatic carbocycles. The molecule has 1 saturated heterocycles. The van der Waals surface area contributed by atoms with Gasteiger partial charge >= 0.3 is 5.97 Å². The molecular weight excluding hydrogens is 370 g/mol. The van der Waals surface area contributed by atoms with Gasteiger partial charge in [0.15, 0.2) is 0 Å². The Morgan fingerprint density at radius 1 is 1.07 bits per heavy atom. The summed E-state index contributed by atoms with van der Waals surface area (Å²) in [5.74, 6) is 0.475. The Morgan fingerprint density at radius 2 is 1.86 bits per heavy atom. The minimum Gasteiger partial charge on any atom is -0.462 e. The van der Waals surface area contributed by atoms with Crippen molar-refractivity contribution < 1.29 is 9.53 Å². The van der Waals surface area contributed by atoms with Crippen LogP contribution in [-0.2, 0) is 11.4 Å². The largest absolute Gasteiger partial charge is 0.462 e. The Hall–Kier alpha value is -3.26. The van der Waals surface area contributed by atoms with Gasteiger partial charge in [-0.3, -0.25) is 9.69 Å². The van der Waals surface area contributed by atoms with Gasteiger partial charge in [-0.25, -0.2) is 14.5 Å². The molecule has 0 N–H and O–H groups in total. The number of rotatable bonds is 5. The number of nitrogens with zero attached hydrogens (tertiary/aromatic N) is 5. The second-order valence-electron chi connectivity index (χ2n) is 6.91. The van der Waals surface area contributed by atoms with Gasteiger partial charge in [-0.1, -0.05) is 18.2 Å². The van der Waals surface area contributed by atoms with Crippen molar-refractivity contribution in [1.29, 1.82) is 0 Å². The summed E-state index contributed by atoms with van der Waals surface area (Å²) in [4.78, 5) is 33.2. The van der Waals surface area contributed by atoms with Crippen LogP contribution in [0.25, 0.3) is 10.8 Å². The number of pyridine rings is 1. The molecule has 8 nitrogen and oxygen atoms in total. The molecule has 4 rings (SSSR count). The van der Waals surface area contributed by atoms with Gasteiger partial charge < -0.3 is 9.64 Å². The number of hydrogen-bond acceptors (Lipinski definition) is 7. The average Bonchev–Trinajstić information content (AvgIpc) is 2.77. The number of ether oxygens (including phenoxy) is 1. The van der Waals surface area contributed by atoms with Crippen LogP contribution in [0.4, 0.5) is 5.82 Å². The molecule has 1 aliphatic heterocycles. The van der Waals surface area contributed by atoms with E-state index in [0.717, 1.165) is 37.4 Å². The molecule has 8 heteroatoms. The van der Waals surface area contributed by atoms with E-state index in [1.165, 1.54) is 4.68 Å². The maximum absolute atomic E-state index is 12.6. The lowest BCUT2D eigenvalue weighted by atomic mass is 10.2. The Balaban J connectivity index is 1.38. The van der Waals surface area contributed by atoms with Crippen molar-refractivity contribution in [3.05, 3.63) is 64.7 Å². The van der Waals surface area contributed by atoms with Gasteiger partial charge in [0.2, 0.25) is 0 Å². The zero-order valence-electron chi connectivity index (χ0n) is 16.3. The summed E-state index contributed by atoms with van der Waals surface area (Å²) in [6.07, 6.45) is 3.29. The van der Waals surface area contributed by atoms with E-state index in [2.05, 4.69) is 19.9 Å². The highest BCUT2D eigenvalue weighted by Gasteiger charge is 2.19. The third kappa shape index (κ3) is 4.12. The average molecular weight is 393 g/mol. The maximum atomic E-state index is 12.6. The van der Waals surface area contributed by atoms with Crippen molar-refractivity contribution in [3.63, 3.8) is 0 Å². The van der Waals surface area contributed by atoms with Crippen LogP contribution in [0.3, 0.4) is 0 Å². The number of carbonyl (C=O) groups is 1. The third-order valence-corrected chi connectivity index (χ3v) is 5.05. The van der Waals surface area contributed by atoms with Gasteiger partial charge in [-0.05, 0) is 25.1 Å². The van der Waals surface area contributed by atoms with Crippen molar-refractivity contribution >= 4 is 22.6 Å². The highest BCUT2D eigenvalue weighted by Crippen LogP contribution is 2.15. The smallest absolute Gasteiger partial charge is 0.339 e. The summed E-state index contributed by atoms with van der Waals surface area (Å²) in [6.45, 7) is 5.75. The number of piperazine rings is 1. The first-order valence-electron chi connectivity index (χ1n) is 9.71. The Bertz CT molecular complexity index is 1060. The molecule has 3 heterocycles. The van der Waals surface area contributed by atoms with Gasteiger partial charge in [-0.2, -0.15) is 5.10 Å². The topological polar surface area (TPSA) is 80.6 Å². The molecule has 0 atom stereocenters. The Labute approximate surface area is 168 Å². The van der Waals surface area contributed by atoms with Crippen LogP contribution >= 0.6 is 0 Å². The summed E-state index contributed by atoms with van der Waals surface area (Å²) in [5.41, 5.74) is 0.387. The van der Waals surface area contributed by atoms with Gasteiger partial charge in [0.05, 0.1) is 30.4 Å². The Kier molecular flexibility index (Phi) is 5.53. The molecule has 0 radical (unpaired) electrons. The number of esters is 1. The van der Waals surface area contributed by atoms with E-state index in [0.29, 0.717) is 24.2 Å². The van der Waals surface area contributed by atoms with Crippen molar-refractivity contribution in [1.82, 2.24) is 19.7 Å². The predicted octanol–water partition coefficient (Wildman–Crippen LogP) is 1.75. The molecular formula is C21H23N5O3. The first-order chi connectivity index (χ1) is 14.2. The van der Waals surface area contributed by atoms with Crippen molar-refractivity contribution in [3.8, 4) is 0 Å². The standard InChI is InChI=1S/C21H23N5O3/c1-2-29-21(28)17-7-8-19(22-13-17)25-11-9-24(10-12-25)15-26-20(27)18-6-4-3-5-16(18)14-23-26/h3-8,13-14H,2,9-12,15H2,1H3. The summed E-state index contributed by atoms with van der Waals surface area (Å²) in [5, 5.41) is 5.86. The lowest BCUT2D eigenvalue weighted by molar-refractivity contribution is 0.0526. The molecule has 1 aliphatic rings. The summed E-state index contributed by atoms with van der Waals surface area (Å²) >= 11 is 0. The molecule has 0 aliphatic carbocycles. The van der Waals surface area contributed by atoms with Gasteiger partial charge in [0.25, 0.3) is 5.56 Å². The monoisotopic (exact) mass is 393 g/mol. The van der Waals surface area contributed by atoms with E-state index < -0.39 is 0 Å². The second kappa shape index (κ2) is 8.40. The lowest BCUT2D eigenvalue weighted by Gasteiger charge is -2.35.